The van der Waals surface area contributed by atoms with Gasteiger partial charge in [-0.1, -0.05) is 48.1 Å². The first-order valence-electron chi connectivity index (χ1n) is 16.4. The summed E-state index contributed by atoms with van der Waals surface area (Å²) >= 11 is 0. The molecule has 8 rings (SSSR count). The number of benzene rings is 2. The highest BCUT2D eigenvalue weighted by atomic mass is 16.6. The van der Waals surface area contributed by atoms with Gasteiger partial charge in [-0.15, -0.1) is 0 Å². The first-order valence-corrected chi connectivity index (χ1v) is 16.4. The van der Waals surface area contributed by atoms with Crippen molar-refractivity contribution in [1.29, 1.82) is 0 Å². The minimum absolute atomic E-state index is 0.0862. The molecule has 45 heavy (non-hydrogen) atoms. The predicted octanol–water partition coefficient (Wildman–Crippen LogP) is 8.91. The second-order valence-corrected chi connectivity index (χ2v) is 13.8. The summed E-state index contributed by atoms with van der Waals surface area (Å²) in [5, 5.41) is 3.37. The van der Waals surface area contributed by atoms with Gasteiger partial charge in [-0.2, -0.15) is 0 Å². The van der Waals surface area contributed by atoms with E-state index in [0.29, 0.717) is 19.0 Å². The number of piperidine rings is 1. The number of Topliss-reactive ketones (excluding diaryl/α,β-unsaturated/α-hetero) is 1. The Morgan fingerprint density at radius 2 is 1.78 bits per heavy atom. The summed E-state index contributed by atoms with van der Waals surface area (Å²) < 4.78 is 5.59. The quantitative estimate of drug-likeness (QED) is 0.230. The topological polar surface area (TPSA) is 72.4 Å². The zero-order chi connectivity index (χ0) is 31.1. The first kappa shape index (κ1) is 29.4. The number of ketones is 1. The van der Waals surface area contributed by atoms with Crippen LogP contribution in [0.3, 0.4) is 0 Å². The van der Waals surface area contributed by atoms with Crippen molar-refractivity contribution in [2.45, 2.75) is 70.8 Å². The van der Waals surface area contributed by atoms with Crippen LogP contribution < -0.4 is 0 Å². The molecule has 3 aliphatic carbocycles. The van der Waals surface area contributed by atoms with E-state index in [1.807, 2.05) is 50.1 Å². The molecule has 1 amide bonds. The van der Waals surface area contributed by atoms with Crippen LogP contribution in [0.15, 0.2) is 84.8 Å². The van der Waals surface area contributed by atoms with E-state index in [1.165, 1.54) is 34.9 Å². The monoisotopic (exact) mass is 599 g/mol. The molecule has 0 spiro atoms. The summed E-state index contributed by atoms with van der Waals surface area (Å²) in [5.41, 5.74) is 6.51. The van der Waals surface area contributed by atoms with Crippen LogP contribution in [0.1, 0.15) is 86.7 Å². The molecule has 2 fully saturated rings. The third-order valence-electron chi connectivity index (χ3n) is 9.56. The van der Waals surface area contributed by atoms with Crippen LogP contribution in [0.2, 0.25) is 0 Å². The van der Waals surface area contributed by atoms with E-state index < -0.39 is 5.60 Å². The summed E-state index contributed by atoms with van der Waals surface area (Å²) in [5.74, 6) is 1.16. The Morgan fingerprint density at radius 3 is 2.53 bits per heavy atom. The summed E-state index contributed by atoms with van der Waals surface area (Å²) in [7, 11) is 0. The van der Waals surface area contributed by atoms with E-state index in [2.05, 4.69) is 52.5 Å². The van der Waals surface area contributed by atoms with Gasteiger partial charge in [0.15, 0.2) is 5.78 Å². The number of rotatable bonds is 2. The number of allylic oxidation sites excluding steroid dienone is 4. The molecule has 6 nitrogen and oxygen atoms in total. The Hall–Kier alpha value is -4.32. The maximum atomic E-state index is 14.3. The molecule has 0 N–H and O–H groups in total. The van der Waals surface area contributed by atoms with Gasteiger partial charge >= 0.3 is 6.09 Å². The molecule has 4 aromatic rings. The van der Waals surface area contributed by atoms with Gasteiger partial charge in [0.25, 0.3) is 0 Å². The van der Waals surface area contributed by atoms with Crippen molar-refractivity contribution >= 4 is 39.1 Å². The van der Waals surface area contributed by atoms with Crippen molar-refractivity contribution in [3.05, 3.63) is 102 Å². The molecule has 6 heteroatoms. The second-order valence-electron chi connectivity index (χ2n) is 13.8. The van der Waals surface area contributed by atoms with Gasteiger partial charge in [0, 0.05) is 48.5 Å². The average molecular weight is 600 g/mol. The lowest BCUT2D eigenvalue weighted by Crippen LogP contribution is -2.44. The van der Waals surface area contributed by atoms with Gasteiger partial charge in [-0.25, -0.2) is 4.79 Å². The number of hydrogen-bond acceptors (Lipinski definition) is 5. The fourth-order valence-electron chi connectivity index (χ4n) is 7.25. The normalized spacial score (nSPS) is 20.0. The predicted molar refractivity (Wildman–Crippen MR) is 179 cm³/mol. The van der Waals surface area contributed by atoms with Gasteiger partial charge in [-0.3, -0.25) is 14.8 Å². The molecular weight excluding hydrogens is 558 g/mol. The smallest absolute Gasteiger partial charge is 0.410 e. The number of fused-ring (bicyclic) bond motifs is 5. The Morgan fingerprint density at radius 1 is 0.956 bits per heavy atom. The number of hydrogen-bond donors (Lipinski definition) is 0. The minimum atomic E-state index is -0.494. The summed E-state index contributed by atoms with van der Waals surface area (Å²) in [6, 6.07) is 16.9. The third-order valence-corrected chi connectivity index (χ3v) is 9.56. The third kappa shape index (κ3) is 6.03. The molecular formula is C39H41N3O3. The lowest BCUT2D eigenvalue weighted by molar-refractivity contribution is 0.0169. The van der Waals surface area contributed by atoms with E-state index in [4.69, 9.17) is 4.74 Å². The lowest BCUT2D eigenvalue weighted by Gasteiger charge is -2.40. The number of aromatic nitrogens is 2. The maximum Gasteiger partial charge on any atom is 0.410 e. The Balaban J connectivity index is 0.000000275. The van der Waals surface area contributed by atoms with Crippen LogP contribution in [0.4, 0.5) is 4.79 Å². The molecule has 2 aromatic carbocycles. The van der Waals surface area contributed by atoms with E-state index >= 15 is 0 Å². The molecule has 230 valence electrons. The average Bonchev–Trinajstić information content (AvgIpc) is 3.90. The summed E-state index contributed by atoms with van der Waals surface area (Å²) in [4.78, 5) is 36.8. The molecule has 1 saturated heterocycles. The minimum Gasteiger partial charge on any atom is -0.444 e. The lowest BCUT2D eigenvalue weighted by atomic mass is 9.66. The van der Waals surface area contributed by atoms with E-state index in [1.54, 1.807) is 12.4 Å². The SMILES string of the molecule is CC(C)(C)OC(=O)N1CCC(C2C(=O)c3c(ccc4cc(C5CC5)ccc34)C3=C2CCC=C3)CC1.c1cnc2ccncc2c1. The number of amides is 1. The molecule has 1 saturated carbocycles. The summed E-state index contributed by atoms with van der Waals surface area (Å²) in [6.07, 6.45) is 15.8. The van der Waals surface area contributed by atoms with E-state index in [-0.39, 0.29) is 23.7 Å². The van der Waals surface area contributed by atoms with Crippen molar-refractivity contribution in [3.8, 4) is 0 Å². The number of pyridine rings is 2. The van der Waals surface area contributed by atoms with Crippen molar-refractivity contribution in [2.75, 3.05) is 13.1 Å². The van der Waals surface area contributed by atoms with E-state index in [9.17, 15) is 9.59 Å². The zero-order valence-corrected chi connectivity index (χ0v) is 26.5. The molecule has 3 heterocycles. The molecule has 1 aliphatic heterocycles. The van der Waals surface area contributed by atoms with Crippen LogP contribution in [-0.4, -0.2) is 45.4 Å². The maximum absolute atomic E-state index is 14.3. The highest BCUT2D eigenvalue weighted by Gasteiger charge is 2.41. The van der Waals surface area contributed by atoms with Crippen LogP contribution in [0, 0.1) is 11.8 Å². The fraction of sp³-hybridized carbons (Fsp3) is 0.385. The van der Waals surface area contributed by atoms with Crippen molar-refractivity contribution in [1.82, 2.24) is 14.9 Å². The Labute approximate surface area is 265 Å². The van der Waals surface area contributed by atoms with Gasteiger partial charge in [0.05, 0.1) is 5.52 Å². The van der Waals surface area contributed by atoms with Crippen molar-refractivity contribution in [3.63, 3.8) is 0 Å². The first-order chi connectivity index (χ1) is 21.8. The standard InChI is InChI=1S/C31H35NO3.C8H6N2/c1-31(2,3)35-30(34)32-16-14-20(15-17-32)27-25-7-5-4-6-24(25)26-13-11-22-18-21(19-8-9-19)10-12-23(22)28(26)29(27)33;1-2-7-6-9-5-3-8(7)10-4-1/h4,6,10-13,18-20,27H,5,7-9,14-17H2,1-3H3;1-6H. The molecule has 1 atom stereocenters. The van der Waals surface area contributed by atoms with Gasteiger partial charge in [-0.05, 0) is 117 Å². The number of ether oxygens (including phenoxy) is 1. The fourth-order valence-corrected chi connectivity index (χ4v) is 7.25. The van der Waals surface area contributed by atoms with Gasteiger partial charge < -0.3 is 9.64 Å². The molecule has 4 aliphatic rings. The van der Waals surface area contributed by atoms with Crippen molar-refractivity contribution in [2.24, 2.45) is 11.8 Å². The van der Waals surface area contributed by atoms with Gasteiger partial charge in [0.1, 0.15) is 5.60 Å². The molecule has 0 bridgehead atoms. The number of nitrogens with zero attached hydrogens (tertiary/aromatic N) is 3. The van der Waals surface area contributed by atoms with Gasteiger partial charge in [0.2, 0.25) is 0 Å². The van der Waals surface area contributed by atoms with Crippen molar-refractivity contribution < 1.29 is 14.3 Å². The number of carbonyl (C=O) groups is 2. The number of carbonyl (C=O) groups excluding carboxylic acids is 2. The van der Waals surface area contributed by atoms with Crippen LogP contribution >= 0.6 is 0 Å². The molecule has 2 aromatic heterocycles. The number of likely N-dealkylation sites (tertiary alicyclic amines) is 1. The van der Waals surface area contributed by atoms with Crippen LogP contribution in [0.5, 0.6) is 0 Å². The highest BCUT2D eigenvalue weighted by Crippen LogP contribution is 2.48. The Kier molecular flexibility index (Phi) is 7.76. The second kappa shape index (κ2) is 11.9. The Bertz CT molecular complexity index is 1770. The molecule has 0 radical (unpaired) electrons. The van der Waals surface area contributed by atoms with E-state index in [0.717, 1.165) is 53.1 Å². The van der Waals surface area contributed by atoms with Crippen LogP contribution in [-0.2, 0) is 4.74 Å². The van der Waals surface area contributed by atoms with Crippen LogP contribution in [0.25, 0.3) is 27.2 Å². The zero-order valence-electron chi connectivity index (χ0n) is 26.5. The highest BCUT2D eigenvalue weighted by molar-refractivity contribution is 6.17. The molecule has 1 unspecified atom stereocenters. The largest absolute Gasteiger partial charge is 0.444 e. The summed E-state index contributed by atoms with van der Waals surface area (Å²) in [6.45, 7) is 7.00.